The van der Waals surface area contributed by atoms with E-state index in [9.17, 15) is 35.1 Å². The molecule has 1 aliphatic rings. The number of rotatable bonds is 6. The van der Waals surface area contributed by atoms with Crippen LogP contribution in [-0.2, 0) is 43.9 Å². The average molecular weight is 635 g/mol. The van der Waals surface area contributed by atoms with Gasteiger partial charge in [0.1, 0.15) is 5.82 Å². The zero-order chi connectivity index (χ0) is 31.5. The Labute approximate surface area is 251 Å². The van der Waals surface area contributed by atoms with E-state index >= 15 is 0 Å². The minimum Gasteiger partial charge on any atom is -0.293 e. The summed E-state index contributed by atoms with van der Waals surface area (Å²) in [6, 6.07) is 13.0. The van der Waals surface area contributed by atoms with E-state index in [1.54, 1.807) is 24.3 Å². The van der Waals surface area contributed by atoms with Crippen molar-refractivity contribution >= 4 is 37.8 Å². The van der Waals surface area contributed by atoms with Crippen LogP contribution in [0, 0.1) is 11.2 Å². The minimum absolute atomic E-state index is 0.104. The number of thioether (sulfide) groups is 1. The first-order valence-corrected chi connectivity index (χ1v) is 17.2. The van der Waals surface area contributed by atoms with Crippen molar-refractivity contribution in [3.63, 3.8) is 0 Å². The molecule has 3 aromatic rings. The summed E-state index contributed by atoms with van der Waals surface area (Å²) < 4.78 is 84.6. The summed E-state index contributed by atoms with van der Waals surface area (Å²) in [7, 11) is -9.40. The fraction of sp³-hybridized carbons (Fsp3) is 0.387. The summed E-state index contributed by atoms with van der Waals surface area (Å²) in [6.07, 6.45) is -0.392. The van der Waals surface area contributed by atoms with Crippen LogP contribution >= 0.6 is 11.8 Å². The van der Waals surface area contributed by atoms with Gasteiger partial charge in [0, 0.05) is 16.2 Å². The fourth-order valence-corrected chi connectivity index (χ4v) is 7.94. The molecule has 0 saturated heterocycles. The molecule has 0 fully saturated rings. The van der Waals surface area contributed by atoms with Gasteiger partial charge in [0.15, 0.2) is 5.78 Å². The lowest BCUT2D eigenvalue weighted by molar-refractivity contribution is 0.0809. The number of Topliss-reactive ketones (excluding diaryl/α,β-unsaturated/α-hetero) is 1. The van der Waals surface area contributed by atoms with Crippen molar-refractivity contribution in [1.82, 2.24) is 0 Å². The second kappa shape index (κ2) is 10.9. The largest absolute Gasteiger partial charge is 0.294 e. The highest BCUT2D eigenvalue weighted by Gasteiger charge is 2.45. The summed E-state index contributed by atoms with van der Waals surface area (Å²) in [4.78, 5) is 14.2. The van der Waals surface area contributed by atoms with Crippen LogP contribution in [0.1, 0.15) is 74.2 Å². The molecule has 226 valence electrons. The molecule has 0 bridgehead atoms. The van der Waals surface area contributed by atoms with Crippen molar-refractivity contribution in [3.8, 4) is 0 Å². The Morgan fingerprint density at radius 1 is 0.762 bits per heavy atom. The number of carbonyl (C=O) groups excluding carboxylic acids is 1. The van der Waals surface area contributed by atoms with Gasteiger partial charge < -0.3 is 0 Å². The van der Waals surface area contributed by atoms with E-state index < -0.39 is 48.1 Å². The summed E-state index contributed by atoms with van der Waals surface area (Å²) in [6.45, 7) is 11.6. The Morgan fingerprint density at radius 3 is 1.62 bits per heavy atom. The zero-order valence-corrected chi connectivity index (χ0v) is 26.8. The number of benzene rings is 3. The van der Waals surface area contributed by atoms with Gasteiger partial charge in [0.25, 0.3) is 20.2 Å². The van der Waals surface area contributed by atoms with Crippen molar-refractivity contribution in [2.75, 3.05) is 5.75 Å². The van der Waals surface area contributed by atoms with Gasteiger partial charge in [-0.25, -0.2) is 4.39 Å². The maximum atomic E-state index is 14.4. The first kappa shape index (κ1) is 32.3. The third-order valence-corrected chi connectivity index (χ3v) is 10.9. The molecule has 11 heteroatoms. The lowest BCUT2D eigenvalue weighted by Crippen LogP contribution is -2.42. The molecule has 7 nitrogen and oxygen atoms in total. The number of ketones is 1. The van der Waals surface area contributed by atoms with Crippen LogP contribution in [0.15, 0.2) is 69.3 Å². The summed E-state index contributed by atoms with van der Waals surface area (Å²) in [5.74, 6) is -0.999. The van der Waals surface area contributed by atoms with Crippen molar-refractivity contribution in [3.05, 3.63) is 88.2 Å². The monoisotopic (exact) mass is 634 g/mol. The second-order valence-corrected chi connectivity index (χ2v) is 16.8. The number of hydrogen-bond donors (Lipinski definition) is 2. The molecular formula is C31H35FO7S3. The fourth-order valence-electron chi connectivity index (χ4n) is 5.30. The van der Waals surface area contributed by atoms with Crippen molar-refractivity contribution < 1.29 is 35.1 Å². The van der Waals surface area contributed by atoms with E-state index in [0.29, 0.717) is 4.90 Å². The first-order chi connectivity index (χ1) is 19.1. The third-order valence-electron chi connectivity index (χ3n) is 7.64. The molecule has 0 atom stereocenters. The molecule has 3 aromatic carbocycles. The normalized spacial score (nSPS) is 15.9. The number of halogens is 1. The van der Waals surface area contributed by atoms with E-state index in [4.69, 9.17) is 0 Å². The molecule has 0 spiro atoms. The molecular weight excluding hydrogens is 600 g/mol. The van der Waals surface area contributed by atoms with E-state index in [0.717, 1.165) is 17.2 Å². The average Bonchev–Trinajstić information content (AvgIpc) is 2.84. The van der Waals surface area contributed by atoms with Crippen LogP contribution in [-0.4, -0.2) is 37.5 Å². The van der Waals surface area contributed by atoms with Crippen molar-refractivity contribution in [1.29, 1.82) is 0 Å². The zero-order valence-electron chi connectivity index (χ0n) is 24.4. The summed E-state index contributed by atoms with van der Waals surface area (Å²) in [5.41, 5.74) is -0.284. The maximum Gasteiger partial charge on any atom is 0.294 e. The Balaban J connectivity index is 2.01. The van der Waals surface area contributed by atoms with Gasteiger partial charge in [0.05, 0.1) is 15.2 Å². The van der Waals surface area contributed by atoms with Crippen LogP contribution in [0.4, 0.5) is 4.39 Å². The molecule has 2 N–H and O–H groups in total. The van der Waals surface area contributed by atoms with Gasteiger partial charge in [-0.2, -0.15) is 16.8 Å². The predicted molar refractivity (Wildman–Crippen MR) is 161 cm³/mol. The molecule has 42 heavy (non-hydrogen) atoms. The highest BCUT2D eigenvalue weighted by atomic mass is 32.2. The molecule has 4 rings (SSSR count). The summed E-state index contributed by atoms with van der Waals surface area (Å²) in [5, 5.41) is 0. The molecule has 0 unspecified atom stereocenters. The van der Waals surface area contributed by atoms with Crippen molar-refractivity contribution in [2.45, 2.75) is 79.9 Å². The van der Waals surface area contributed by atoms with Gasteiger partial charge in [-0.05, 0) is 76.3 Å². The minimum atomic E-state index is -4.70. The molecule has 1 heterocycles. The smallest absolute Gasteiger partial charge is 0.293 e. The lowest BCUT2D eigenvalue weighted by Gasteiger charge is -2.38. The molecule has 0 saturated carbocycles. The summed E-state index contributed by atoms with van der Waals surface area (Å²) >= 11 is 1.28. The Kier molecular flexibility index (Phi) is 8.36. The van der Waals surface area contributed by atoms with E-state index in [1.165, 1.54) is 36.0 Å². The van der Waals surface area contributed by atoms with Crippen molar-refractivity contribution in [2.24, 2.45) is 5.41 Å². The van der Waals surface area contributed by atoms with E-state index in [2.05, 4.69) is 0 Å². The predicted octanol–water partition coefficient (Wildman–Crippen LogP) is 6.67. The molecule has 0 radical (unpaired) electrons. The molecule has 0 aliphatic carbocycles. The third kappa shape index (κ3) is 6.65. The lowest BCUT2D eigenvalue weighted by atomic mass is 9.71. The van der Waals surface area contributed by atoms with Gasteiger partial charge in [-0.15, -0.1) is 11.8 Å². The quantitative estimate of drug-likeness (QED) is 0.288. The number of fused-ring (bicyclic) bond motifs is 1. The second-order valence-electron chi connectivity index (χ2n) is 13.0. The van der Waals surface area contributed by atoms with Gasteiger partial charge in [-0.3, -0.25) is 13.9 Å². The van der Waals surface area contributed by atoms with Crippen LogP contribution in [0.5, 0.6) is 0 Å². The Morgan fingerprint density at radius 2 is 1.21 bits per heavy atom. The Hall–Kier alpha value is -2.57. The van der Waals surface area contributed by atoms with Crippen LogP contribution in [0.2, 0.25) is 0 Å². The first-order valence-electron chi connectivity index (χ1n) is 13.3. The maximum absolute atomic E-state index is 14.4. The highest BCUT2D eigenvalue weighted by Crippen LogP contribution is 2.46. The van der Waals surface area contributed by atoms with Crippen LogP contribution in [0.25, 0.3) is 0 Å². The SMILES string of the molecule is CC(C)(C)c1ccc(S(=O)(=O)O)c(CC2(Cc3cc(C(C)(C)C)ccc3S(=O)(=O)O)CSc3ccc(F)cc3C2=O)c1. The topological polar surface area (TPSA) is 126 Å². The van der Waals surface area contributed by atoms with E-state index in [1.807, 2.05) is 41.5 Å². The van der Waals surface area contributed by atoms with Crippen LogP contribution < -0.4 is 0 Å². The Bertz CT molecular complexity index is 1690. The number of carbonyl (C=O) groups is 1. The molecule has 0 aromatic heterocycles. The highest BCUT2D eigenvalue weighted by molar-refractivity contribution is 7.99. The number of hydrogen-bond acceptors (Lipinski definition) is 6. The molecule has 1 aliphatic heterocycles. The van der Waals surface area contributed by atoms with Gasteiger partial charge >= 0.3 is 0 Å². The standard InChI is InChI=1S/C31H35FO7S3/c1-29(2,3)21-7-11-26(41(34,35)36)19(13-21)16-31(18-40-25-10-9-23(32)15-24(25)28(31)33)17-20-14-22(30(4,5)6)8-12-27(20)42(37,38)39/h7-15H,16-18H2,1-6H3,(H,34,35,36)(H,37,38,39). The van der Waals surface area contributed by atoms with Gasteiger partial charge in [-0.1, -0.05) is 65.8 Å². The van der Waals surface area contributed by atoms with Crippen LogP contribution in [0.3, 0.4) is 0 Å². The molecule has 0 amide bonds. The van der Waals surface area contributed by atoms with E-state index in [-0.39, 0.29) is 45.1 Å². The van der Waals surface area contributed by atoms with Gasteiger partial charge in [0.2, 0.25) is 0 Å².